The molecule has 3 aromatic rings. The van der Waals surface area contributed by atoms with E-state index in [1.807, 2.05) is 66.4 Å². The maximum atomic E-state index is 12.9. The average molecular weight is 422 g/mol. The lowest BCUT2D eigenvalue weighted by atomic mass is 10.2. The largest absolute Gasteiger partial charge is 0.439 e. The van der Waals surface area contributed by atoms with Gasteiger partial charge in [-0.3, -0.25) is 4.79 Å². The first-order chi connectivity index (χ1) is 14.6. The fraction of sp³-hybridized carbons (Fsp3) is 0.333. The summed E-state index contributed by atoms with van der Waals surface area (Å²) in [5.41, 5.74) is 2.69. The van der Waals surface area contributed by atoms with Crippen molar-refractivity contribution in [3.8, 4) is 17.3 Å². The van der Waals surface area contributed by atoms with Gasteiger partial charge in [-0.05, 0) is 69.0 Å². The number of halogens is 1. The van der Waals surface area contributed by atoms with Crippen LogP contribution in [0.15, 0.2) is 54.6 Å². The lowest BCUT2D eigenvalue weighted by Crippen LogP contribution is -2.34. The van der Waals surface area contributed by atoms with Crippen LogP contribution in [0, 0.1) is 12.8 Å². The molecular weight excluding hydrogens is 398 g/mol. The fourth-order valence-electron chi connectivity index (χ4n) is 3.69. The number of aryl methyl sites for hydroxylation is 1. The van der Waals surface area contributed by atoms with Crippen molar-refractivity contribution in [1.29, 1.82) is 0 Å². The van der Waals surface area contributed by atoms with Crippen LogP contribution in [0.4, 0.5) is 0 Å². The van der Waals surface area contributed by atoms with E-state index in [4.69, 9.17) is 21.4 Å². The molecule has 154 valence electrons. The third kappa shape index (κ3) is 3.94. The van der Waals surface area contributed by atoms with E-state index >= 15 is 0 Å². The van der Waals surface area contributed by atoms with Crippen LogP contribution in [-0.4, -0.2) is 26.6 Å². The van der Waals surface area contributed by atoms with Crippen molar-refractivity contribution in [2.45, 2.75) is 45.2 Å². The second-order valence-electron chi connectivity index (χ2n) is 8.14. The zero-order valence-corrected chi connectivity index (χ0v) is 17.7. The van der Waals surface area contributed by atoms with E-state index in [2.05, 4.69) is 0 Å². The molecule has 5 rings (SSSR count). The van der Waals surface area contributed by atoms with Gasteiger partial charge in [-0.15, -0.1) is 0 Å². The molecular formula is C24H24ClN3O2. The van der Waals surface area contributed by atoms with Crippen LogP contribution >= 0.6 is 11.6 Å². The summed E-state index contributed by atoms with van der Waals surface area (Å²) >= 11 is 6.08. The minimum atomic E-state index is 0.204. The van der Waals surface area contributed by atoms with Crippen molar-refractivity contribution in [1.82, 2.24) is 14.7 Å². The molecule has 6 heteroatoms. The molecule has 0 spiro atoms. The van der Waals surface area contributed by atoms with Crippen LogP contribution < -0.4 is 4.74 Å². The number of nitrogens with zero attached hydrogens (tertiary/aromatic N) is 3. The number of amides is 1. The standard InChI is InChI=1S/C24H24ClN3O2/c1-16-22(15-27(19-13-14-19)23(29)17-7-8-17)24(30-21-5-3-2-4-6-21)28(26-16)20-11-9-18(25)10-12-20/h2-6,9-12,17,19H,7-8,13-15H2,1H3. The van der Waals surface area contributed by atoms with E-state index in [1.165, 1.54) is 0 Å². The predicted octanol–water partition coefficient (Wildman–Crippen LogP) is 5.53. The Morgan fingerprint density at radius 1 is 1.10 bits per heavy atom. The molecule has 0 unspecified atom stereocenters. The van der Waals surface area contributed by atoms with Gasteiger partial charge in [-0.2, -0.15) is 5.10 Å². The van der Waals surface area contributed by atoms with Gasteiger partial charge in [-0.1, -0.05) is 29.8 Å². The fourth-order valence-corrected chi connectivity index (χ4v) is 3.82. The Labute approximate surface area is 181 Å². The minimum absolute atomic E-state index is 0.204. The minimum Gasteiger partial charge on any atom is -0.439 e. The zero-order chi connectivity index (χ0) is 20.7. The van der Waals surface area contributed by atoms with Gasteiger partial charge in [0, 0.05) is 17.0 Å². The smallest absolute Gasteiger partial charge is 0.227 e. The second-order valence-corrected chi connectivity index (χ2v) is 8.58. The normalized spacial score (nSPS) is 15.8. The highest BCUT2D eigenvalue weighted by Crippen LogP contribution is 2.39. The molecule has 1 heterocycles. The molecule has 5 nitrogen and oxygen atoms in total. The third-order valence-corrected chi connectivity index (χ3v) is 5.94. The summed E-state index contributed by atoms with van der Waals surface area (Å²) < 4.78 is 8.14. The summed E-state index contributed by atoms with van der Waals surface area (Å²) in [4.78, 5) is 15.0. The summed E-state index contributed by atoms with van der Waals surface area (Å²) in [5, 5.41) is 5.44. The Balaban J connectivity index is 1.55. The topological polar surface area (TPSA) is 47.4 Å². The molecule has 1 aromatic heterocycles. The molecule has 2 saturated carbocycles. The number of aromatic nitrogens is 2. The van der Waals surface area contributed by atoms with Crippen molar-refractivity contribution >= 4 is 17.5 Å². The maximum absolute atomic E-state index is 12.9. The highest BCUT2D eigenvalue weighted by atomic mass is 35.5. The number of rotatable bonds is 7. The third-order valence-electron chi connectivity index (χ3n) is 5.69. The van der Waals surface area contributed by atoms with Crippen molar-refractivity contribution in [2.75, 3.05) is 0 Å². The molecule has 0 bridgehead atoms. The summed E-state index contributed by atoms with van der Waals surface area (Å²) in [6.45, 7) is 2.51. The van der Waals surface area contributed by atoms with Crippen molar-refractivity contribution in [3.05, 3.63) is 70.9 Å². The number of hydrogen-bond acceptors (Lipinski definition) is 3. The molecule has 0 radical (unpaired) electrons. The lowest BCUT2D eigenvalue weighted by molar-refractivity contribution is -0.133. The molecule has 0 aliphatic heterocycles. The molecule has 2 aliphatic carbocycles. The molecule has 0 saturated heterocycles. The number of hydrogen-bond donors (Lipinski definition) is 0. The number of para-hydroxylation sites is 1. The molecule has 1 amide bonds. The van der Waals surface area contributed by atoms with Gasteiger partial charge >= 0.3 is 0 Å². The zero-order valence-electron chi connectivity index (χ0n) is 16.9. The first-order valence-corrected chi connectivity index (χ1v) is 10.9. The molecule has 2 aliphatic rings. The highest BCUT2D eigenvalue weighted by molar-refractivity contribution is 6.30. The number of benzene rings is 2. The predicted molar refractivity (Wildman–Crippen MR) is 116 cm³/mol. The first-order valence-electron chi connectivity index (χ1n) is 10.5. The summed E-state index contributed by atoms with van der Waals surface area (Å²) in [6.07, 6.45) is 4.19. The Kier molecular flexibility index (Phi) is 4.99. The van der Waals surface area contributed by atoms with E-state index in [1.54, 1.807) is 4.68 Å². The molecule has 0 atom stereocenters. The average Bonchev–Trinajstić information content (AvgIpc) is 3.66. The lowest BCUT2D eigenvalue weighted by Gasteiger charge is -2.23. The number of carbonyl (C=O) groups is 1. The monoisotopic (exact) mass is 421 g/mol. The number of carbonyl (C=O) groups excluding carboxylic acids is 1. The van der Waals surface area contributed by atoms with Crippen LogP contribution in [0.5, 0.6) is 11.6 Å². The van der Waals surface area contributed by atoms with Gasteiger partial charge in [0.15, 0.2) is 0 Å². The molecule has 0 N–H and O–H groups in total. The van der Waals surface area contributed by atoms with Crippen LogP contribution in [0.25, 0.3) is 5.69 Å². The summed E-state index contributed by atoms with van der Waals surface area (Å²) in [7, 11) is 0. The Morgan fingerprint density at radius 3 is 2.43 bits per heavy atom. The second kappa shape index (κ2) is 7.80. The van der Waals surface area contributed by atoms with Crippen molar-refractivity contribution in [3.63, 3.8) is 0 Å². The van der Waals surface area contributed by atoms with E-state index in [9.17, 15) is 4.79 Å². The van der Waals surface area contributed by atoms with Crippen LogP contribution in [0.3, 0.4) is 0 Å². The number of ether oxygens (including phenoxy) is 1. The molecule has 2 fully saturated rings. The van der Waals surface area contributed by atoms with Crippen molar-refractivity contribution in [2.24, 2.45) is 5.92 Å². The Morgan fingerprint density at radius 2 is 1.80 bits per heavy atom. The van der Waals surface area contributed by atoms with Gasteiger partial charge in [0.05, 0.1) is 23.5 Å². The Hall–Kier alpha value is -2.79. The van der Waals surface area contributed by atoms with E-state index < -0.39 is 0 Å². The maximum Gasteiger partial charge on any atom is 0.227 e. The SMILES string of the molecule is Cc1nn(-c2ccc(Cl)cc2)c(Oc2ccccc2)c1CN(C(=O)C1CC1)C1CC1. The molecule has 30 heavy (non-hydrogen) atoms. The highest BCUT2D eigenvalue weighted by Gasteiger charge is 2.41. The summed E-state index contributed by atoms with van der Waals surface area (Å²) in [5.74, 6) is 1.87. The van der Waals surface area contributed by atoms with Crippen LogP contribution in [0.1, 0.15) is 36.9 Å². The van der Waals surface area contributed by atoms with E-state index in [0.29, 0.717) is 23.5 Å². The first kappa shape index (κ1) is 19.2. The van der Waals surface area contributed by atoms with Gasteiger partial charge in [0.1, 0.15) is 5.75 Å². The van der Waals surface area contributed by atoms with E-state index in [0.717, 1.165) is 48.4 Å². The Bertz CT molecular complexity index is 1050. The van der Waals surface area contributed by atoms with Crippen LogP contribution in [0.2, 0.25) is 5.02 Å². The van der Waals surface area contributed by atoms with Gasteiger partial charge in [0.2, 0.25) is 11.8 Å². The summed E-state index contributed by atoms with van der Waals surface area (Å²) in [6, 6.07) is 17.6. The van der Waals surface area contributed by atoms with Gasteiger partial charge in [0.25, 0.3) is 0 Å². The quantitative estimate of drug-likeness (QED) is 0.504. The van der Waals surface area contributed by atoms with Crippen molar-refractivity contribution < 1.29 is 9.53 Å². The molecule has 2 aromatic carbocycles. The van der Waals surface area contributed by atoms with Gasteiger partial charge in [-0.25, -0.2) is 4.68 Å². The van der Waals surface area contributed by atoms with Gasteiger partial charge < -0.3 is 9.64 Å². The van der Waals surface area contributed by atoms with Crippen LogP contribution in [-0.2, 0) is 11.3 Å². The van der Waals surface area contributed by atoms with E-state index in [-0.39, 0.29) is 11.8 Å².